The maximum atomic E-state index is 13.3. The maximum absolute atomic E-state index is 13.3. The van der Waals surface area contributed by atoms with Gasteiger partial charge in [0.05, 0.1) is 0 Å². The lowest BCUT2D eigenvalue weighted by atomic mass is 9.76. The minimum absolute atomic E-state index is 0.0483. The minimum atomic E-state index is -0.618. The fraction of sp³-hybridized carbons (Fsp3) is 0.882. The van der Waals surface area contributed by atoms with Crippen LogP contribution in [-0.4, -0.2) is 33.8 Å². The lowest BCUT2D eigenvalue weighted by Gasteiger charge is -2.53. The lowest BCUT2D eigenvalue weighted by Crippen LogP contribution is -2.74. The normalized spacial score (nSPS) is 26.1. The quantitative estimate of drug-likeness (QED) is 0.866. The monoisotopic (exact) mass is 294 g/mol. The van der Waals surface area contributed by atoms with Crippen molar-refractivity contribution in [1.82, 2.24) is 10.2 Å². The van der Waals surface area contributed by atoms with E-state index in [0.29, 0.717) is 6.42 Å². The molecule has 1 heterocycles. The largest absolute Gasteiger partial charge is 0.340 e. The zero-order valence-electron chi connectivity index (χ0n) is 14.0. The van der Waals surface area contributed by atoms with E-state index in [1.54, 1.807) is 0 Å². The van der Waals surface area contributed by atoms with Crippen LogP contribution in [0.4, 0.5) is 0 Å². The van der Waals surface area contributed by atoms with Gasteiger partial charge in [0.25, 0.3) is 0 Å². The molecule has 1 saturated heterocycles. The van der Waals surface area contributed by atoms with Crippen LogP contribution in [0, 0.1) is 0 Å². The van der Waals surface area contributed by atoms with Crippen molar-refractivity contribution in [3.05, 3.63) is 0 Å². The van der Waals surface area contributed by atoms with Crippen LogP contribution in [0.15, 0.2) is 0 Å². The van der Waals surface area contributed by atoms with Crippen molar-refractivity contribution >= 4 is 11.8 Å². The molecule has 1 N–H and O–H groups in total. The van der Waals surface area contributed by atoms with E-state index in [2.05, 4.69) is 26.1 Å². The van der Waals surface area contributed by atoms with Crippen LogP contribution in [-0.2, 0) is 9.59 Å². The van der Waals surface area contributed by atoms with E-state index in [1.165, 1.54) is 6.42 Å². The molecule has 1 aliphatic carbocycles. The zero-order valence-corrected chi connectivity index (χ0v) is 14.0. The summed E-state index contributed by atoms with van der Waals surface area (Å²) < 4.78 is 0. The molecule has 1 spiro atoms. The van der Waals surface area contributed by atoms with Gasteiger partial charge in [0, 0.05) is 5.54 Å². The summed E-state index contributed by atoms with van der Waals surface area (Å²) in [6.45, 7) is 8.35. The first-order valence-corrected chi connectivity index (χ1v) is 8.60. The van der Waals surface area contributed by atoms with Crippen LogP contribution in [0.5, 0.6) is 0 Å². The highest BCUT2D eigenvalue weighted by Crippen LogP contribution is 2.38. The first-order chi connectivity index (χ1) is 9.94. The van der Waals surface area contributed by atoms with Crippen molar-refractivity contribution in [2.75, 3.05) is 0 Å². The highest BCUT2D eigenvalue weighted by Gasteiger charge is 2.54. The predicted octanol–water partition coefficient (Wildman–Crippen LogP) is 3.01. The molecule has 1 unspecified atom stereocenters. The number of piperazine rings is 1. The topological polar surface area (TPSA) is 49.4 Å². The van der Waals surface area contributed by atoms with Gasteiger partial charge < -0.3 is 10.2 Å². The molecule has 1 saturated carbocycles. The van der Waals surface area contributed by atoms with Gasteiger partial charge in [-0.15, -0.1) is 0 Å². The van der Waals surface area contributed by atoms with E-state index in [4.69, 9.17) is 0 Å². The second-order valence-electron chi connectivity index (χ2n) is 6.94. The van der Waals surface area contributed by atoms with E-state index in [9.17, 15) is 9.59 Å². The second kappa shape index (κ2) is 5.98. The van der Waals surface area contributed by atoms with Gasteiger partial charge in [-0.25, -0.2) is 0 Å². The number of nitrogens with one attached hydrogen (secondary N) is 1. The van der Waals surface area contributed by atoms with Crippen molar-refractivity contribution in [3.8, 4) is 0 Å². The predicted molar refractivity (Wildman–Crippen MR) is 83.9 cm³/mol. The van der Waals surface area contributed by atoms with E-state index in [1.807, 2.05) is 11.8 Å². The first-order valence-electron chi connectivity index (χ1n) is 8.60. The number of nitrogens with zero attached hydrogens (tertiary/aromatic N) is 1. The fourth-order valence-electron chi connectivity index (χ4n) is 3.94. The van der Waals surface area contributed by atoms with Gasteiger partial charge in [-0.2, -0.15) is 0 Å². The third-order valence-corrected chi connectivity index (χ3v) is 5.80. The summed E-state index contributed by atoms with van der Waals surface area (Å²) >= 11 is 0. The Bertz CT molecular complexity index is 409. The van der Waals surface area contributed by atoms with Gasteiger partial charge in [-0.3, -0.25) is 9.59 Å². The number of carbonyl (C=O) groups excluding carboxylic acids is 2. The van der Waals surface area contributed by atoms with E-state index >= 15 is 0 Å². The molecule has 21 heavy (non-hydrogen) atoms. The van der Waals surface area contributed by atoms with Gasteiger partial charge in [0.15, 0.2) is 0 Å². The molecule has 2 fully saturated rings. The van der Waals surface area contributed by atoms with Crippen molar-refractivity contribution in [3.63, 3.8) is 0 Å². The van der Waals surface area contributed by atoms with Crippen LogP contribution in [0.2, 0.25) is 0 Å². The summed E-state index contributed by atoms with van der Waals surface area (Å²) in [5.41, 5.74) is -0.841. The van der Waals surface area contributed by atoms with Crippen molar-refractivity contribution in [2.45, 2.75) is 96.2 Å². The molecule has 0 aromatic rings. The first kappa shape index (κ1) is 16.3. The molecular formula is C17H30N2O2. The fourth-order valence-corrected chi connectivity index (χ4v) is 3.94. The summed E-state index contributed by atoms with van der Waals surface area (Å²) in [5, 5.41) is 3.10. The molecule has 4 heteroatoms. The molecule has 0 aromatic carbocycles. The molecule has 2 amide bonds. The Morgan fingerprint density at radius 3 is 2.19 bits per heavy atom. The Labute approximate surface area is 128 Å². The summed E-state index contributed by atoms with van der Waals surface area (Å²) in [7, 11) is 0. The standard InChI is InChI=1S/C17H30N2O2/c1-5-13-14(20)18-17(11-9-8-10-12-17)15(21)19(13)16(4,6-2)7-3/h13H,5-12H2,1-4H3,(H,18,20). The molecule has 1 atom stereocenters. The summed E-state index contributed by atoms with van der Waals surface area (Å²) in [6.07, 6.45) is 7.29. The Kier molecular flexibility index (Phi) is 4.64. The second-order valence-corrected chi connectivity index (χ2v) is 6.94. The van der Waals surface area contributed by atoms with E-state index < -0.39 is 5.54 Å². The van der Waals surface area contributed by atoms with Gasteiger partial charge in [-0.05, 0) is 39.0 Å². The average Bonchev–Trinajstić information content (AvgIpc) is 2.50. The lowest BCUT2D eigenvalue weighted by molar-refractivity contribution is -0.165. The molecule has 0 radical (unpaired) electrons. The molecule has 2 rings (SSSR count). The van der Waals surface area contributed by atoms with Gasteiger partial charge in [0.1, 0.15) is 11.6 Å². The van der Waals surface area contributed by atoms with Gasteiger partial charge in [-0.1, -0.05) is 40.0 Å². The van der Waals surface area contributed by atoms with Crippen molar-refractivity contribution in [1.29, 1.82) is 0 Å². The number of carbonyl (C=O) groups is 2. The van der Waals surface area contributed by atoms with Gasteiger partial charge in [0.2, 0.25) is 11.8 Å². The van der Waals surface area contributed by atoms with E-state index in [0.717, 1.165) is 38.5 Å². The average molecular weight is 294 g/mol. The maximum Gasteiger partial charge on any atom is 0.249 e. The molecular weight excluding hydrogens is 264 g/mol. The third-order valence-electron chi connectivity index (χ3n) is 5.80. The van der Waals surface area contributed by atoms with Crippen molar-refractivity contribution < 1.29 is 9.59 Å². The Morgan fingerprint density at radius 1 is 1.14 bits per heavy atom. The smallest absolute Gasteiger partial charge is 0.249 e. The van der Waals surface area contributed by atoms with Crippen LogP contribution >= 0.6 is 0 Å². The van der Waals surface area contributed by atoms with E-state index in [-0.39, 0.29) is 23.4 Å². The third kappa shape index (κ3) is 2.58. The molecule has 0 bridgehead atoms. The molecule has 4 nitrogen and oxygen atoms in total. The van der Waals surface area contributed by atoms with Gasteiger partial charge >= 0.3 is 0 Å². The van der Waals surface area contributed by atoms with Crippen LogP contribution in [0.1, 0.15) is 79.1 Å². The number of amides is 2. The van der Waals surface area contributed by atoms with Crippen LogP contribution < -0.4 is 5.32 Å². The molecule has 2 aliphatic rings. The summed E-state index contributed by atoms with van der Waals surface area (Å²) in [6, 6.07) is -0.310. The number of hydrogen-bond acceptors (Lipinski definition) is 2. The van der Waals surface area contributed by atoms with Crippen LogP contribution in [0.25, 0.3) is 0 Å². The minimum Gasteiger partial charge on any atom is -0.340 e. The van der Waals surface area contributed by atoms with Crippen LogP contribution in [0.3, 0.4) is 0 Å². The summed E-state index contributed by atoms with van der Waals surface area (Å²) in [5.74, 6) is 0.215. The highest BCUT2D eigenvalue weighted by atomic mass is 16.2. The molecule has 0 aromatic heterocycles. The highest BCUT2D eigenvalue weighted by molar-refractivity contribution is 6.00. The number of rotatable bonds is 4. The SMILES string of the molecule is CCC1C(=O)NC2(CCCCC2)C(=O)N1C(C)(CC)CC. The molecule has 1 aliphatic heterocycles. The zero-order chi connectivity index (χ0) is 15.7. The number of hydrogen-bond donors (Lipinski definition) is 1. The Hall–Kier alpha value is -1.06. The Morgan fingerprint density at radius 2 is 1.71 bits per heavy atom. The Balaban J connectivity index is 2.42. The molecule has 120 valence electrons. The van der Waals surface area contributed by atoms with Crippen molar-refractivity contribution in [2.24, 2.45) is 0 Å². The summed E-state index contributed by atoms with van der Waals surface area (Å²) in [4.78, 5) is 27.9.